The van der Waals surface area contributed by atoms with Crippen LogP contribution in [-0.2, 0) is 11.2 Å². The highest BCUT2D eigenvalue weighted by atomic mass is 16.4. The molecule has 2 N–H and O–H groups in total. The van der Waals surface area contributed by atoms with Crippen molar-refractivity contribution in [2.75, 3.05) is 0 Å². The van der Waals surface area contributed by atoms with Crippen LogP contribution in [-0.4, -0.2) is 22.5 Å². The average Bonchev–Trinajstić information content (AvgIpc) is 2.49. The van der Waals surface area contributed by atoms with E-state index >= 15 is 0 Å². The van der Waals surface area contributed by atoms with Crippen molar-refractivity contribution >= 4 is 11.9 Å². The molecule has 0 heterocycles. The Hall–Kier alpha value is -1.84. The molecule has 4 nitrogen and oxygen atoms in total. The lowest BCUT2D eigenvalue weighted by atomic mass is 9.77. The maximum atomic E-state index is 12.3. The van der Waals surface area contributed by atoms with Gasteiger partial charge in [0.2, 0.25) is 0 Å². The van der Waals surface area contributed by atoms with E-state index in [-0.39, 0.29) is 5.91 Å². The molecule has 2 rings (SSSR count). The van der Waals surface area contributed by atoms with Crippen LogP contribution in [0.25, 0.3) is 0 Å². The van der Waals surface area contributed by atoms with Crippen LogP contribution in [0.2, 0.25) is 0 Å². The fraction of sp³-hybridized carbons (Fsp3) is 0.529. The molecule has 0 bridgehead atoms. The van der Waals surface area contributed by atoms with E-state index in [1.807, 2.05) is 12.1 Å². The third-order valence-electron chi connectivity index (χ3n) is 4.51. The molecule has 0 unspecified atom stereocenters. The second kappa shape index (κ2) is 6.29. The molecule has 21 heavy (non-hydrogen) atoms. The number of nitrogens with one attached hydrogen (secondary N) is 1. The topological polar surface area (TPSA) is 66.4 Å². The monoisotopic (exact) mass is 289 g/mol. The van der Waals surface area contributed by atoms with Gasteiger partial charge in [0.05, 0.1) is 0 Å². The molecule has 0 aromatic heterocycles. The van der Waals surface area contributed by atoms with E-state index in [0.717, 1.165) is 24.8 Å². The summed E-state index contributed by atoms with van der Waals surface area (Å²) in [7, 11) is 0. The van der Waals surface area contributed by atoms with Gasteiger partial charge in [-0.2, -0.15) is 0 Å². The fourth-order valence-electron chi connectivity index (χ4n) is 2.83. The Labute approximate surface area is 125 Å². The average molecular weight is 289 g/mol. The standard InChI is InChI=1S/C17H23NO3/c1-3-13-4-6-14(7-5-13)15(19)18-17(16(20)21)10-8-12(2)9-11-17/h4-7,12H,3,8-11H2,1-2H3,(H,18,19)(H,20,21). The van der Waals surface area contributed by atoms with Crippen LogP contribution >= 0.6 is 0 Å². The van der Waals surface area contributed by atoms with Crippen molar-refractivity contribution in [1.29, 1.82) is 0 Å². The van der Waals surface area contributed by atoms with Crippen molar-refractivity contribution < 1.29 is 14.7 Å². The molecule has 1 aromatic rings. The second-order valence-electron chi connectivity index (χ2n) is 6.07. The summed E-state index contributed by atoms with van der Waals surface area (Å²) in [6.07, 6.45) is 3.59. The number of carbonyl (C=O) groups excluding carboxylic acids is 1. The maximum absolute atomic E-state index is 12.3. The summed E-state index contributed by atoms with van der Waals surface area (Å²) in [6, 6.07) is 7.33. The van der Waals surface area contributed by atoms with Crippen LogP contribution in [0.15, 0.2) is 24.3 Å². The summed E-state index contributed by atoms with van der Waals surface area (Å²) in [5, 5.41) is 12.3. The van der Waals surface area contributed by atoms with E-state index in [1.54, 1.807) is 12.1 Å². The second-order valence-corrected chi connectivity index (χ2v) is 6.07. The molecule has 1 fully saturated rings. The molecule has 1 aliphatic carbocycles. The SMILES string of the molecule is CCc1ccc(C(=O)NC2(C(=O)O)CCC(C)CC2)cc1. The Bertz CT molecular complexity index is 513. The number of benzene rings is 1. The largest absolute Gasteiger partial charge is 0.480 e. The minimum atomic E-state index is -1.10. The highest BCUT2D eigenvalue weighted by molar-refractivity contribution is 5.97. The Kier molecular flexibility index (Phi) is 4.66. The molecule has 1 aromatic carbocycles. The molecule has 0 aliphatic heterocycles. The summed E-state index contributed by atoms with van der Waals surface area (Å²) in [4.78, 5) is 24.0. The van der Waals surface area contributed by atoms with Crippen molar-refractivity contribution in [1.82, 2.24) is 5.32 Å². The smallest absolute Gasteiger partial charge is 0.329 e. The van der Waals surface area contributed by atoms with E-state index in [9.17, 15) is 14.7 Å². The number of amides is 1. The van der Waals surface area contributed by atoms with Crippen LogP contribution < -0.4 is 5.32 Å². The normalized spacial score (nSPS) is 25.3. The van der Waals surface area contributed by atoms with E-state index < -0.39 is 11.5 Å². The van der Waals surface area contributed by atoms with Crippen molar-refractivity contribution in [2.45, 2.75) is 51.5 Å². The van der Waals surface area contributed by atoms with Crippen molar-refractivity contribution in [3.05, 3.63) is 35.4 Å². The number of hydrogen-bond acceptors (Lipinski definition) is 2. The van der Waals surface area contributed by atoms with Crippen molar-refractivity contribution in [3.63, 3.8) is 0 Å². The Morgan fingerprint density at radius 2 is 1.81 bits per heavy atom. The Morgan fingerprint density at radius 3 is 2.29 bits per heavy atom. The number of rotatable bonds is 4. The van der Waals surface area contributed by atoms with Crippen LogP contribution in [0.3, 0.4) is 0 Å². The minimum Gasteiger partial charge on any atom is -0.480 e. The first-order valence-electron chi connectivity index (χ1n) is 7.61. The number of hydrogen-bond donors (Lipinski definition) is 2. The summed E-state index contributed by atoms with van der Waals surface area (Å²) in [5.41, 5.74) is 0.574. The summed E-state index contributed by atoms with van der Waals surface area (Å²) in [5.74, 6) is -0.694. The first-order chi connectivity index (χ1) is 9.97. The summed E-state index contributed by atoms with van der Waals surface area (Å²) in [6.45, 7) is 4.18. The molecule has 0 saturated heterocycles. The van der Waals surface area contributed by atoms with Crippen molar-refractivity contribution in [3.8, 4) is 0 Å². The number of aliphatic carboxylic acids is 1. The highest BCUT2D eigenvalue weighted by Gasteiger charge is 2.42. The number of carboxylic acids is 1. The van der Waals surface area contributed by atoms with Gasteiger partial charge in [-0.1, -0.05) is 26.0 Å². The molecule has 1 amide bonds. The highest BCUT2D eigenvalue weighted by Crippen LogP contribution is 2.32. The third kappa shape index (κ3) is 3.43. The molecular weight excluding hydrogens is 266 g/mol. The third-order valence-corrected chi connectivity index (χ3v) is 4.51. The minimum absolute atomic E-state index is 0.297. The first kappa shape index (κ1) is 15.5. The van der Waals surface area contributed by atoms with E-state index in [4.69, 9.17) is 0 Å². The lowest BCUT2D eigenvalue weighted by Gasteiger charge is -2.36. The van der Waals surface area contributed by atoms with Gasteiger partial charge < -0.3 is 10.4 Å². The van der Waals surface area contributed by atoms with Gasteiger partial charge >= 0.3 is 5.97 Å². The van der Waals surface area contributed by atoms with Gasteiger partial charge in [0.25, 0.3) is 5.91 Å². The van der Waals surface area contributed by atoms with Crippen LogP contribution in [0.5, 0.6) is 0 Å². The van der Waals surface area contributed by atoms with E-state index in [1.165, 1.54) is 0 Å². The van der Waals surface area contributed by atoms with Crippen molar-refractivity contribution in [2.24, 2.45) is 5.92 Å². The van der Waals surface area contributed by atoms with Gasteiger partial charge in [0.15, 0.2) is 0 Å². The predicted octanol–water partition coefficient (Wildman–Crippen LogP) is 3.01. The Balaban J connectivity index is 2.12. The molecule has 1 saturated carbocycles. The summed E-state index contributed by atoms with van der Waals surface area (Å²) < 4.78 is 0. The fourth-order valence-corrected chi connectivity index (χ4v) is 2.83. The number of carboxylic acid groups (broad SMARTS) is 1. The zero-order valence-electron chi connectivity index (χ0n) is 12.7. The van der Waals surface area contributed by atoms with Gasteiger partial charge in [-0.25, -0.2) is 4.79 Å². The quantitative estimate of drug-likeness (QED) is 0.895. The van der Waals surface area contributed by atoms with Gasteiger partial charge in [0, 0.05) is 5.56 Å². The van der Waals surface area contributed by atoms with E-state index in [0.29, 0.717) is 24.3 Å². The molecule has 4 heteroatoms. The van der Waals surface area contributed by atoms with Gasteiger partial charge in [0.1, 0.15) is 5.54 Å². The van der Waals surface area contributed by atoms with Crippen LogP contribution in [0.1, 0.15) is 55.5 Å². The summed E-state index contributed by atoms with van der Waals surface area (Å²) >= 11 is 0. The molecule has 1 aliphatic rings. The van der Waals surface area contributed by atoms with Gasteiger partial charge in [-0.3, -0.25) is 4.79 Å². The molecule has 0 atom stereocenters. The predicted molar refractivity (Wildman–Crippen MR) is 81.3 cm³/mol. The van der Waals surface area contributed by atoms with Crippen LogP contribution in [0.4, 0.5) is 0 Å². The van der Waals surface area contributed by atoms with Gasteiger partial charge in [-0.05, 0) is 55.7 Å². The lowest BCUT2D eigenvalue weighted by molar-refractivity contribution is -0.146. The Morgan fingerprint density at radius 1 is 1.24 bits per heavy atom. The number of carbonyl (C=O) groups is 2. The first-order valence-corrected chi connectivity index (χ1v) is 7.61. The zero-order valence-corrected chi connectivity index (χ0v) is 12.7. The maximum Gasteiger partial charge on any atom is 0.329 e. The molecule has 114 valence electrons. The molecular formula is C17H23NO3. The number of aryl methyl sites for hydroxylation is 1. The zero-order chi connectivity index (χ0) is 15.5. The molecule has 0 radical (unpaired) electrons. The van der Waals surface area contributed by atoms with Gasteiger partial charge in [-0.15, -0.1) is 0 Å². The van der Waals surface area contributed by atoms with Crippen LogP contribution in [0, 0.1) is 5.92 Å². The van der Waals surface area contributed by atoms with E-state index in [2.05, 4.69) is 19.2 Å². The molecule has 0 spiro atoms. The lowest BCUT2D eigenvalue weighted by Crippen LogP contribution is -2.56.